The third-order valence-electron chi connectivity index (χ3n) is 4.68. The van der Waals surface area contributed by atoms with Crippen molar-refractivity contribution in [3.05, 3.63) is 54.1 Å². The van der Waals surface area contributed by atoms with Gasteiger partial charge in [0.2, 0.25) is 0 Å². The Kier molecular flexibility index (Phi) is 8.47. The molecule has 3 rings (SSSR count). The van der Waals surface area contributed by atoms with Crippen molar-refractivity contribution in [3.8, 4) is 11.5 Å². The van der Waals surface area contributed by atoms with E-state index in [4.69, 9.17) is 26.4 Å². The van der Waals surface area contributed by atoms with Crippen molar-refractivity contribution < 1.29 is 19.0 Å². The van der Waals surface area contributed by atoms with Crippen LogP contribution < -0.4 is 20.1 Å². The molecular formula is C23H28N2O4S. The highest BCUT2D eigenvalue weighted by atomic mass is 32.1. The van der Waals surface area contributed by atoms with Gasteiger partial charge in [-0.2, -0.15) is 0 Å². The predicted octanol–water partition coefficient (Wildman–Crippen LogP) is 4.55. The summed E-state index contributed by atoms with van der Waals surface area (Å²) in [6, 6.07) is 14.4. The molecule has 0 aromatic heterocycles. The molecule has 0 saturated carbocycles. The Labute approximate surface area is 182 Å². The Balaban J connectivity index is 1.43. The molecule has 0 aliphatic carbocycles. The van der Waals surface area contributed by atoms with Gasteiger partial charge in [-0.05, 0) is 80.0 Å². The summed E-state index contributed by atoms with van der Waals surface area (Å²) < 4.78 is 16.9. The molecule has 6 nitrogen and oxygen atoms in total. The van der Waals surface area contributed by atoms with Gasteiger partial charge in [-0.15, -0.1) is 0 Å². The third-order valence-corrected chi connectivity index (χ3v) is 4.89. The highest BCUT2D eigenvalue weighted by molar-refractivity contribution is 7.80. The highest BCUT2D eigenvalue weighted by Crippen LogP contribution is 2.18. The van der Waals surface area contributed by atoms with Crippen molar-refractivity contribution in [3.63, 3.8) is 0 Å². The van der Waals surface area contributed by atoms with Gasteiger partial charge in [0.25, 0.3) is 5.91 Å². The van der Waals surface area contributed by atoms with Crippen LogP contribution in [0.4, 0.5) is 5.69 Å². The van der Waals surface area contributed by atoms with Crippen LogP contribution in [-0.4, -0.2) is 36.9 Å². The first-order valence-electron chi connectivity index (χ1n) is 10.3. The van der Waals surface area contributed by atoms with Crippen LogP contribution in [0.2, 0.25) is 0 Å². The fourth-order valence-corrected chi connectivity index (χ4v) is 3.18. The van der Waals surface area contributed by atoms with Gasteiger partial charge in [-0.1, -0.05) is 13.3 Å². The molecule has 1 aliphatic rings. The lowest BCUT2D eigenvalue weighted by atomic mass is 10.2. The van der Waals surface area contributed by atoms with Crippen molar-refractivity contribution in [1.82, 2.24) is 5.32 Å². The van der Waals surface area contributed by atoms with Gasteiger partial charge in [0.1, 0.15) is 18.1 Å². The second-order valence-corrected chi connectivity index (χ2v) is 7.51. The first-order chi connectivity index (χ1) is 14.6. The van der Waals surface area contributed by atoms with E-state index in [1.54, 1.807) is 24.3 Å². The number of anilines is 1. The summed E-state index contributed by atoms with van der Waals surface area (Å²) in [6.07, 6.45) is 4.40. The number of rotatable bonds is 9. The van der Waals surface area contributed by atoms with Crippen LogP contribution >= 0.6 is 12.2 Å². The van der Waals surface area contributed by atoms with E-state index in [1.165, 1.54) is 0 Å². The maximum Gasteiger partial charge on any atom is 0.257 e. The number of hydrogen-bond donors (Lipinski definition) is 2. The van der Waals surface area contributed by atoms with Gasteiger partial charge in [0, 0.05) is 17.9 Å². The Morgan fingerprint density at radius 2 is 1.80 bits per heavy atom. The van der Waals surface area contributed by atoms with E-state index in [0.717, 1.165) is 49.5 Å². The molecule has 1 fully saturated rings. The van der Waals surface area contributed by atoms with E-state index in [1.807, 2.05) is 24.3 Å². The van der Waals surface area contributed by atoms with Crippen LogP contribution in [0.15, 0.2) is 48.5 Å². The summed E-state index contributed by atoms with van der Waals surface area (Å²) in [6.45, 7) is 4.16. The Morgan fingerprint density at radius 1 is 1.10 bits per heavy atom. The molecule has 160 valence electrons. The van der Waals surface area contributed by atoms with Crippen LogP contribution in [0.25, 0.3) is 0 Å². The molecule has 0 bridgehead atoms. The minimum Gasteiger partial charge on any atom is -0.494 e. The topological polar surface area (TPSA) is 68.8 Å². The van der Waals surface area contributed by atoms with Crippen molar-refractivity contribution in [1.29, 1.82) is 0 Å². The van der Waals surface area contributed by atoms with E-state index in [2.05, 4.69) is 17.6 Å². The minimum atomic E-state index is -0.274. The van der Waals surface area contributed by atoms with Gasteiger partial charge >= 0.3 is 0 Å². The standard InChI is InChI=1S/C23H28N2O4S/c1-2-3-14-27-19-10-6-17(7-11-19)22(26)25-23(30)24-18-8-12-20(13-9-18)29-16-21-5-4-15-28-21/h6-13,21H,2-5,14-16H2,1H3,(H2,24,25,26,30). The minimum absolute atomic E-state index is 0.183. The molecule has 0 spiro atoms. The normalized spacial score (nSPS) is 15.4. The molecular weight excluding hydrogens is 400 g/mol. The van der Waals surface area contributed by atoms with Gasteiger partial charge in [-0.25, -0.2) is 0 Å². The Hall–Kier alpha value is -2.64. The zero-order valence-corrected chi connectivity index (χ0v) is 18.0. The van der Waals surface area contributed by atoms with E-state index >= 15 is 0 Å². The first kappa shape index (κ1) is 22.1. The van der Waals surface area contributed by atoms with Crippen molar-refractivity contribution in [2.75, 3.05) is 25.1 Å². The number of amides is 1. The van der Waals surface area contributed by atoms with Gasteiger partial charge in [0.05, 0.1) is 12.7 Å². The number of carbonyl (C=O) groups excluding carboxylic acids is 1. The smallest absolute Gasteiger partial charge is 0.257 e. The summed E-state index contributed by atoms with van der Waals surface area (Å²) in [7, 11) is 0. The fraction of sp³-hybridized carbons (Fsp3) is 0.391. The van der Waals surface area contributed by atoms with Gasteiger partial charge < -0.3 is 19.5 Å². The maximum absolute atomic E-state index is 12.4. The molecule has 1 saturated heterocycles. The monoisotopic (exact) mass is 428 g/mol. The van der Waals surface area contributed by atoms with Crippen LogP contribution in [0.1, 0.15) is 43.0 Å². The molecule has 1 unspecified atom stereocenters. The van der Waals surface area contributed by atoms with E-state index in [0.29, 0.717) is 18.8 Å². The number of nitrogens with one attached hydrogen (secondary N) is 2. The van der Waals surface area contributed by atoms with Crippen LogP contribution in [0.3, 0.4) is 0 Å². The molecule has 1 heterocycles. The third kappa shape index (κ3) is 7.00. The molecule has 2 aromatic carbocycles. The molecule has 7 heteroatoms. The second kappa shape index (κ2) is 11.5. The molecule has 1 aliphatic heterocycles. The second-order valence-electron chi connectivity index (χ2n) is 7.11. The van der Waals surface area contributed by atoms with Crippen LogP contribution in [0.5, 0.6) is 11.5 Å². The summed E-state index contributed by atoms with van der Waals surface area (Å²) >= 11 is 5.25. The van der Waals surface area contributed by atoms with Crippen molar-refractivity contribution in [2.45, 2.75) is 38.7 Å². The number of thiocarbonyl (C=S) groups is 1. The SMILES string of the molecule is CCCCOc1ccc(C(=O)NC(=S)Nc2ccc(OCC3CCCO3)cc2)cc1. The van der Waals surface area contributed by atoms with Crippen LogP contribution in [-0.2, 0) is 4.74 Å². The molecule has 30 heavy (non-hydrogen) atoms. The van der Waals surface area contributed by atoms with Gasteiger partial charge in [-0.3, -0.25) is 10.1 Å². The quantitative estimate of drug-likeness (QED) is 0.451. The van der Waals surface area contributed by atoms with Gasteiger partial charge in [0.15, 0.2) is 5.11 Å². The zero-order chi connectivity index (χ0) is 21.2. The lowest BCUT2D eigenvalue weighted by Crippen LogP contribution is -2.34. The number of unbranched alkanes of at least 4 members (excludes halogenated alkanes) is 1. The lowest BCUT2D eigenvalue weighted by molar-refractivity contribution is 0.0679. The average Bonchev–Trinajstić information content (AvgIpc) is 3.27. The number of hydrogen-bond acceptors (Lipinski definition) is 5. The number of carbonyl (C=O) groups is 1. The van der Waals surface area contributed by atoms with Crippen molar-refractivity contribution in [2.24, 2.45) is 0 Å². The molecule has 1 atom stereocenters. The Morgan fingerprint density at radius 3 is 2.47 bits per heavy atom. The first-order valence-corrected chi connectivity index (χ1v) is 10.7. The number of ether oxygens (including phenoxy) is 3. The Bertz CT molecular complexity index is 818. The molecule has 2 N–H and O–H groups in total. The lowest BCUT2D eigenvalue weighted by Gasteiger charge is -2.13. The van der Waals surface area contributed by atoms with E-state index in [-0.39, 0.29) is 17.1 Å². The maximum atomic E-state index is 12.4. The van der Waals surface area contributed by atoms with E-state index in [9.17, 15) is 4.79 Å². The summed E-state index contributed by atoms with van der Waals surface area (Å²) in [5, 5.41) is 5.93. The van der Waals surface area contributed by atoms with Crippen LogP contribution in [0, 0.1) is 0 Å². The van der Waals surface area contributed by atoms with Crippen molar-refractivity contribution >= 4 is 28.9 Å². The highest BCUT2D eigenvalue weighted by Gasteiger charge is 2.16. The summed E-state index contributed by atoms with van der Waals surface area (Å²) in [4.78, 5) is 12.4. The summed E-state index contributed by atoms with van der Waals surface area (Å²) in [5.74, 6) is 1.25. The summed E-state index contributed by atoms with van der Waals surface area (Å²) in [5.41, 5.74) is 1.28. The molecule has 0 radical (unpaired) electrons. The average molecular weight is 429 g/mol. The largest absolute Gasteiger partial charge is 0.494 e. The fourth-order valence-electron chi connectivity index (χ4n) is 2.97. The zero-order valence-electron chi connectivity index (χ0n) is 17.2. The predicted molar refractivity (Wildman–Crippen MR) is 121 cm³/mol. The van der Waals surface area contributed by atoms with E-state index < -0.39 is 0 Å². The molecule has 2 aromatic rings. The molecule has 1 amide bonds. The number of benzene rings is 2.